The standard InChI is InChI=1S/C24H22F3N5O3S/c1-12-4-14-6-19(27)22(36(29,34)35)8-21(14)32(12)24(33)15-10-31(11-15)20-3-2-13(5-18(20)26)16-9-30-23(28)7-17(16)25/h2-3,5-9,12,15H,4,10-11H2,1H3,(H2,28,30)(H2,29,34,35)/t12-/m0/s1. The maximum Gasteiger partial charge on any atom is 0.241 e. The Bertz CT molecular complexity index is 1510. The van der Waals surface area contributed by atoms with Gasteiger partial charge in [0.05, 0.1) is 11.6 Å². The van der Waals surface area contributed by atoms with Gasteiger partial charge in [-0.25, -0.2) is 31.7 Å². The number of sulfonamides is 1. The van der Waals surface area contributed by atoms with Gasteiger partial charge in [-0.3, -0.25) is 4.79 Å². The number of anilines is 3. The Kier molecular flexibility index (Phi) is 5.67. The number of pyridine rings is 1. The molecule has 1 saturated heterocycles. The summed E-state index contributed by atoms with van der Waals surface area (Å²) in [5.74, 6) is -2.88. The van der Waals surface area contributed by atoms with Crippen LogP contribution in [0.1, 0.15) is 12.5 Å². The van der Waals surface area contributed by atoms with E-state index in [2.05, 4.69) is 4.98 Å². The normalized spacial score (nSPS) is 17.8. The molecule has 1 atom stereocenters. The highest BCUT2D eigenvalue weighted by Gasteiger charge is 2.41. The molecule has 8 nitrogen and oxygen atoms in total. The zero-order valence-corrected chi connectivity index (χ0v) is 19.9. The van der Waals surface area contributed by atoms with Crippen molar-refractivity contribution in [1.82, 2.24) is 4.98 Å². The summed E-state index contributed by atoms with van der Waals surface area (Å²) in [5, 5.41) is 5.12. The third-order valence-electron chi connectivity index (χ3n) is 6.60. The molecule has 0 saturated carbocycles. The summed E-state index contributed by atoms with van der Waals surface area (Å²) in [7, 11) is -4.31. The Morgan fingerprint density at radius 3 is 2.39 bits per heavy atom. The number of nitrogens with zero attached hydrogens (tertiary/aromatic N) is 3. The summed E-state index contributed by atoms with van der Waals surface area (Å²) in [4.78, 5) is 19.6. The Hall–Kier alpha value is -3.64. The predicted molar refractivity (Wildman–Crippen MR) is 128 cm³/mol. The largest absolute Gasteiger partial charge is 0.384 e. The topological polar surface area (TPSA) is 123 Å². The minimum absolute atomic E-state index is 0.0191. The monoisotopic (exact) mass is 517 g/mol. The highest BCUT2D eigenvalue weighted by molar-refractivity contribution is 7.89. The third kappa shape index (κ3) is 4.05. The van der Waals surface area contributed by atoms with E-state index < -0.39 is 38.3 Å². The van der Waals surface area contributed by atoms with Crippen molar-refractivity contribution in [3.8, 4) is 11.1 Å². The summed E-state index contributed by atoms with van der Waals surface area (Å²) in [6.45, 7) is 2.25. The van der Waals surface area contributed by atoms with Gasteiger partial charge in [0, 0.05) is 42.6 Å². The van der Waals surface area contributed by atoms with Gasteiger partial charge >= 0.3 is 0 Å². The predicted octanol–water partition coefficient (Wildman–Crippen LogP) is 2.81. The van der Waals surface area contributed by atoms with Crippen molar-refractivity contribution in [2.45, 2.75) is 24.3 Å². The number of hydrogen-bond donors (Lipinski definition) is 2. The lowest BCUT2D eigenvalue weighted by molar-refractivity contribution is -0.123. The number of primary sulfonamides is 1. The van der Waals surface area contributed by atoms with Crippen LogP contribution in [0.3, 0.4) is 0 Å². The van der Waals surface area contributed by atoms with E-state index >= 15 is 0 Å². The van der Waals surface area contributed by atoms with E-state index in [0.717, 1.165) is 18.2 Å². The van der Waals surface area contributed by atoms with Crippen LogP contribution in [0.2, 0.25) is 0 Å². The number of halogens is 3. The van der Waals surface area contributed by atoms with Crippen molar-refractivity contribution in [3.05, 3.63) is 65.6 Å². The second-order valence-electron chi connectivity index (χ2n) is 9.07. The van der Waals surface area contributed by atoms with Crippen LogP contribution in [-0.2, 0) is 21.2 Å². The number of fused-ring (bicyclic) bond motifs is 1. The van der Waals surface area contributed by atoms with Crippen molar-refractivity contribution in [3.63, 3.8) is 0 Å². The van der Waals surface area contributed by atoms with Crippen LogP contribution < -0.4 is 20.7 Å². The van der Waals surface area contributed by atoms with E-state index in [4.69, 9.17) is 10.9 Å². The third-order valence-corrected chi connectivity index (χ3v) is 7.52. The van der Waals surface area contributed by atoms with Crippen LogP contribution in [0, 0.1) is 23.4 Å². The van der Waals surface area contributed by atoms with Crippen molar-refractivity contribution in [1.29, 1.82) is 0 Å². The minimum Gasteiger partial charge on any atom is -0.384 e. The van der Waals surface area contributed by atoms with Gasteiger partial charge in [-0.15, -0.1) is 0 Å². The molecule has 188 valence electrons. The van der Waals surface area contributed by atoms with E-state index in [1.165, 1.54) is 23.2 Å². The lowest BCUT2D eigenvalue weighted by atomic mass is 9.96. The highest BCUT2D eigenvalue weighted by Crippen LogP contribution is 2.38. The molecule has 0 spiro atoms. The van der Waals surface area contributed by atoms with Gasteiger partial charge in [0.2, 0.25) is 15.9 Å². The molecular formula is C24H22F3N5O3S. The molecule has 0 unspecified atom stereocenters. The van der Waals surface area contributed by atoms with Gasteiger partial charge in [0.15, 0.2) is 0 Å². The fraction of sp³-hybridized carbons (Fsp3) is 0.250. The summed E-state index contributed by atoms with van der Waals surface area (Å²) >= 11 is 0. The first-order chi connectivity index (χ1) is 16.9. The molecule has 1 fully saturated rings. The zero-order chi connectivity index (χ0) is 25.9. The first kappa shape index (κ1) is 24.1. The van der Waals surface area contributed by atoms with E-state index in [9.17, 15) is 26.4 Å². The fourth-order valence-corrected chi connectivity index (χ4v) is 5.40. The Morgan fingerprint density at radius 2 is 1.75 bits per heavy atom. The van der Waals surface area contributed by atoms with Crippen LogP contribution >= 0.6 is 0 Å². The molecule has 2 aliphatic rings. The second-order valence-corrected chi connectivity index (χ2v) is 10.6. The van der Waals surface area contributed by atoms with Crippen LogP contribution in [-0.4, -0.2) is 38.4 Å². The Balaban J connectivity index is 1.33. The number of nitrogen functional groups attached to an aromatic ring is 1. The van der Waals surface area contributed by atoms with E-state index in [0.29, 0.717) is 23.2 Å². The van der Waals surface area contributed by atoms with Crippen LogP contribution in [0.15, 0.2) is 47.5 Å². The first-order valence-corrected chi connectivity index (χ1v) is 12.6. The molecule has 12 heteroatoms. The fourth-order valence-electron chi connectivity index (χ4n) is 4.79. The van der Waals surface area contributed by atoms with Gasteiger partial charge < -0.3 is 15.5 Å². The molecule has 0 bridgehead atoms. The second kappa shape index (κ2) is 8.49. The summed E-state index contributed by atoms with van der Waals surface area (Å²) in [6.07, 6.45) is 1.60. The lowest BCUT2D eigenvalue weighted by Crippen LogP contribution is -2.56. The number of rotatable bonds is 4. The number of aromatic nitrogens is 1. The minimum atomic E-state index is -4.31. The number of benzene rings is 2. The summed E-state index contributed by atoms with van der Waals surface area (Å²) < 4.78 is 66.8. The zero-order valence-electron chi connectivity index (χ0n) is 19.1. The first-order valence-electron chi connectivity index (χ1n) is 11.1. The van der Waals surface area contributed by atoms with Crippen LogP contribution in [0.25, 0.3) is 11.1 Å². The Labute approximate surface area is 205 Å². The van der Waals surface area contributed by atoms with E-state index in [-0.39, 0.29) is 42.1 Å². The smallest absolute Gasteiger partial charge is 0.241 e. The molecule has 0 radical (unpaired) electrons. The van der Waals surface area contributed by atoms with Gasteiger partial charge in [-0.1, -0.05) is 6.07 Å². The van der Waals surface area contributed by atoms with Crippen LogP contribution in [0.5, 0.6) is 0 Å². The van der Waals surface area contributed by atoms with Gasteiger partial charge in [-0.2, -0.15) is 0 Å². The van der Waals surface area contributed by atoms with E-state index in [1.807, 2.05) is 0 Å². The molecular weight excluding hydrogens is 495 g/mol. The lowest BCUT2D eigenvalue weighted by Gasteiger charge is -2.42. The number of carbonyl (C=O) groups is 1. The average molecular weight is 518 g/mol. The molecule has 3 aromatic rings. The molecule has 0 aliphatic carbocycles. The van der Waals surface area contributed by atoms with Gasteiger partial charge in [-0.05, 0) is 48.7 Å². The number of nitrogens with two attached hydrogens (primary N) is 2. The Morgan fingerprint density at radius 1 is 1.03 bits per heavy atom. The molecule has 5 rings (SSSR count). The number of amides is 1. The molecule has 1 aromatic heterocycles. The summed E-state index contributed by atoms with van der Waals surface area (Å²) in [6, 6.07) is 7.22. The molecule has 2 aliphatic heterocycles. The molecule has 2 aromatic carbocycles. The number of hydrogen-bond acceptors (Lipinski definition) is 6. The quantitative estimate of drug-likeness (QED) is 0.549. The molecule has 3 heterocycles. The van der Waals surface area contributed by atoms with Crippen molar-refractivity contribution in [2.75, 3.05) is 28.6 Å². The van der Waals surface area contributed by atoms with Gasteiger partial charge in [0.1, 0.15) is 28.2 Å². The van der Waals surface area contributed by atoms with Crippen LogP contribution in [0.4, 0.5) is 30.4 Å². The maximum absolute atomic E-state index is 14.9. The van der Waals surface area contributed by atoms with E-state index in [1.54, 1.807) is 17.9 Å². The number of carbonyl (C=O) groups excluding carboxylic acids is 1. The van der Waals surface area contributed by atoms with Crippen molar-refractivity contribution < 1.29 is 26.4 Å². The SMILES string of the molecule is C[C@H]1Cc2cc(F)c(S(N)(=O)=O)cc2N1C(=O)C1CN(c2ccc(-c3cnc(N)cc3F)cc2F)C1. The van der Waals surface area contributed by atoms with Crippen molar-refractivity contribution in [2.24, 2.45) is 11.1 Å². The average Bonchev–Trinajstić information content (AvgIpc) is 3.06. The maximum atomic E-state index is 14.9. The molecule has 36 heavy (non-hydrogen) atoms. The van der Waals surface area contributed by atoms with Gasteiger partial charge in [0.25, 0.3) is 0 Å². The molecule has 1 amide bonds. The highest BCUT2D eigenvalue weighted by atomic mass is 32.2. The summed E-state index contributed by atoms with van der Waals surface area (Å²) in [5.41, 5.74) is 6.97. The molecule has 4 N–H and O–H groups in total. The van der Waals surface area contributed by atoms with Crippen molar-refractivity contribution >= 4 is 33.1 Å².